The molecule has 0 unspecified atom stereocenters. The van der Waals surface area contributed by atoms with Gasteiger partial charge in [0.15, 0.2) is 32.4 Å². The Morgan fingerprint density at radius 1 is 1.18 bits per heavy atom. The van der Waals surface area contributed by atoms with Crippen molar-refractivity contribution in [1.29, 1.82) is 0 Å². The van der Waals surface area contributed by atoms with E-state index in [9.17, 15) is 23.3 Å². The normalized spacial score (nSPS) is 14.0. The van der Waals surface area contributed by atoms with E-state index in [0.717, 1.165) is 54.9 Å². The number of sulfone groups is 1. The van der Waals surface area contributed by atoms with Crippen LogP contribution < -0.4 is 20.3 Å². The summed E-state index contributed by atoms with van der Waals surface area (Å²) in [5, 5.41) is 24.5. The molecule has 2 aromatic heterocycles. The van der Waals surface area contributed by atoms with E-state index < -0.39 is 47.3 Å². The number of piperidine rings is 1. The molecule has 0 radical (unpaired) electrons. The number of nitrogens with one attached hydrogen (secondary N) is 3. The van der Waals surface area contributed by atoms with Crippen LogP contribution in [-0.2, 0) is 19.4 Å². The fourth-order valence-electron chi connectivity index (χ4n) is 5.84. The Labute approximate surface area is 297 Å². The summed E-state index contributed by atoms with van der Waals surface area (Å²) < 4.78 is 62.1. The Kier molecular flexibility index (Phi) is 11.1. The number of anilines is 3. The lowest BCUT2D eigenvalue weighted by Gasteiger charge is -2.34. The van der Waals surface area contributed by atoms with Crippen molar-refractivity contribution >= 4 is 50.6 Å². The molecule has 51 heavy (non-hydrogen) atoms. The molecule has 3 N–H and O–H groups in total. The lowest BCUT2D eigenvalue weighted by Crippen LogP contribution is -2.36. The smallest absolute Gasteiger partial charge is 0.305 e. The molecule has 0 saturated carbocycles. The fourth-order valence-corrected chi connectivity index (χ4v) is 8.14. The number of nitro groups is 1. The largest absolute Gasteiger partial charge is 0.490 e. The summed E-state index contributed by atoms with van der Waals surface area (Å²) in [6.45, 7) is 7.63. The summed E-state index contributed by atoms with van der Waals surface area (Å²) in [6.07, 6.45) is 2.54. The van der Waals surface area contributed by atoms with Crippen LogP contribution in [0.1, 0.15) is 51.3 Å². The van der Waals surface area contributed by atoms with Gasteiger partial charge in [0.1, 0.15) is 5.82 Å². The zero-order valence-electron chi connectivity index (χ0n) is 28.6. The molecule has 14 nitrogen and oxygen atoms in total. The molecule has 3 heterocycles. The Morgan fingerprint density at radius 2 is 1.90 bits per heavy atom. The number of aryl methyl sites for hydroxylation is 1. The molecule has 1 aliphatic rings. The van der Waals surface area contributed by atoms with Crippen LogP contribution in [0.2, 0.25) is 0 Å². The van der Waals surface area contributed by atoms with E-state index in [-0.39, 0.29) is 21.8 Å². The van der Waals surface area contributed by atoms with Gasteiger partial charge in [-0.05, 0) is 75.9 Å². The number of methoxy groups -OCH3 is 1. The number of hydrogen-bond donors (Lipinski definition) is 3. The summed E-state index contributed by atoms with van der Waals surface area (Å²) in [5.41, 5.74) is -0.482. The van der Waals surface area contributed by atoms with Crippen molar-refractivity contribution in [2.45, 2.75) is 66.7 Å². The molecule has 0 spiro atoms. The Bertz CT molecular complexity index is 2050. The molecule has 1 amide bonds. The van der Waals surface area contributed by atoms with Gasteiger partial charge >= 0.3 is 5.69 Å². The number of amides is 1. The molecule has 1 fully saturated rings. The molecular formula is C33H38F2N8O6S2. The van der Waals surface area contributed by atoms with Crippen LogP contribution >= 0.6 is 11.8 Å². The van der Waals surface area contributed by atoms with Crippen LogP contribution in [0.4, 0.5) is 31.9 Å². The zero-order chi connectivity index (χ0) is 37.1. The number of hydrogen-bond acceptors (Lipinski definition) is 12. The second-order valence-electron chi connectivity index (χ2n) is 12.6. The SMILES string of the molecule is COc1c(Nc2cc(C)[nH]n2)nc(Sc2ccc(S(=O)(=O)C(C)(C)c3cccc([N+](=O)[O-])c3F)cc2F)nc1N1CCC(CCNC(C)=O)CC1. The monoisotopic (exact) mass is 744 g/mol. The van der Waals surface area contributed by atoms with E-state index in [1.807, 2.05) is 6.92 Å². The molecule has 1 saturated heterocycles. The highest BCUT2D eigenvalue weighted by molar-refractivity contribution is 7.99. The first-order valence-corrected chi connectivity index (χ1v) is 18.3. The van der Waals surface area contributed by atoms with Gasteiger partial charge in [-0.1, -0.05) is 12.1 Å². The lowest BCUT2D eigenvalue weighted by atomic mass is 9.93. The molecule has 18 heteroatoms. The highest BCUT2D eigenvalue weighted by Crippen LogP contribution is 2.42. The van der Waals surface area contributed by atoms with E-state index in [4.69, 9.17) is 9.72 Å². The number of carbonyl (C=O) groups excluding carboxylic acids is 1. The summed E-state index contributed by atoms with van der Waals surface area (Å²) in [6, 6.07) is 8.36. The Morgan fingerprint density at radius 3 is 2.51 bits per heavy atom. The predicted molar refractivity (Wildman–Crippen MR) is 187 cm³/mol. The maximum Gasteiger partial charge on any atom is 0.305 e. The minimum atomic E-state index is -4.46. The van der Waals surface area contributed by atoms with Crippen LogP contribution in [-0.4, -0.2) is 66.2 Å². The number of nitrogens with zero attached hydrogens (tertiary/aromatic N) is 5. The number of halogens is 2. The van der Waals surface area contributed by atoms with E-state index >= 15 is 8.78 Å². The zero-order valence-corrected chi connectivity index (χ0v) is 30.3. The van der Waals surface area contributed by atoms with E-state index in [1.54, 1.807) is 6.07 Å². The van der Waals surface area contributed by atoms with Gasteiger partial charge in [-0.15, -0.1) is 0 Å². The van der Waals surface area contributed by atoms with E-state index in [2.05, 4.69) is 30.7 Å². The van der Waals surface area contributed by atoms with Crippen LogP contribution in [0, 0.1) is 34.6 Å². The van der Waals surface area contributed by atoms with Gasteiger partial charge in [0, 0.05) is 49.9 Å². The number of aromatic nitrogens is 4. The molecular weight excluding hydrogens is 707 g/mol. The van der Waals surface area contributed by atoms with Gasteiger partial charge in [0.05, 0.1) is 26.6 Å². The first-order valence-electron chi connectivity index (χ1n) is 16.0. The maximum absolute atomic E-state index is 15.8. The van der Waals surface area contributed by atoms with Crippen molar-refractivity contribution in [2.75, 3.05) is 37.0 Å². The van der Waals surface area contributed by atoms with Gasteiger partial charge in [-0.25, -0.2) is 22.8 Å². The number of carbonyl (C=O) groups is 1. The molecule has 0 bridgehead atoms. The molecule has 272 valence electrons. The third-order valence-electron chi connectivity index (χ3n) is 8.73. The predicted octanol–water partition coefficient (Wildman–Crippen LogP) is 6.05. The van der Waals surface area contributed by atoms with E-state index in [0.29, 0.717) is 42.9 Å². The second-order valence-corrected chi connectivity index (χ2v) is 16.1. The van der Waals surface area contributed by atoms with E-state index in [1.165, 1.54) is 46.1 Å². The first-order chi connectivity index (χ1) is 24.1. The van der Waals surface area contributed by atoms with Crippen molar-refractivity contribution in [3.63, 3.8) is 0 Å². The molecule has 5 rings (SSSR count). The number of aromatic amines is 1. The molecule has 0 aliphatic carbocycles. The Hall–Kier alpha value is -4.84. The number of ether oxygens (including phenoxy) is 1. The van der Waals surface area contributed by atoms with Gasteiger partial charge in [0.25, 0.3) is 0 Å². The van der Waals surface area contributed by atoms with Gasteiger partial charge < -0.3 is 20.3 Å². The van der Waals surface area contributed by atoms with Crippen LogP contribution in [0.5, 0.6) is 5.75 Å². The topological polar surface area (TPSA) is 185 Å². The van der Waals surface area contributed by atoms with Crippen molar-refractivity contribution in [3.05, 3.63) is 75.5 Å². The lowest BCUT2D eigenvalue weighted by molar-refractivity contribution is -0.387. The first kappa shape index (κ1) is 37.4. The number of rotatable bonds is 13. The summed E-state index contributed by atoms with van der Waals surface area (Å²) in [4.78, 5) is 32.7. The standard InChI is InChI=1S/C33H38F2N8O6S2/c1-19-17-27(41-40-19)37-30-29(49-5)31(42-15-12-21(13-16-42)11-14-36-20(2)44)39-32(38-30)50-26-10-9-22(18-24(26)34)51(47,48)33(3,4)23-7-6-8-25(28(23)35)43(45)46/h6-10,17-18,21H,11-16H2,1-5H3,(H,36,44)(H2,37,38,39,40,41). The second kappa shape index (κ2) is 15.2. The highest BCUT2D eigenvalue weighted by atomic mass is 32.2. The summed E-state index contributed by atoms with van der Waals surface area (Å²) >= 11 is 0.869. The molecule has 1 aliphatic heterocycles. The maximum atomic E-state index is 15.8. The Balaban J connectivity index is 1.45. The molecule has 4 aromatic rings. The minimum Gasteiger partial charge on any atom is -0.490 e. The average molecular weight is 745 g/mol. The average Bonchev–Trinajstić information content (AvgIpc) is 3.49. The van der Waals surface area contributed by atoms with Crippen molar-refractivity contribution < 1.29 is 31.7 Å². The third-order valence-corrected chi connectivity index (χ3v) is 12.1. The van der Waals surface area contributed by atoms with Crippen LogP contribution in [0.15, 0.2) is 57.4 Å². The number of H-pyrrole nitrogens is 1. The third kappa shape index (κ3) is 8.06. The van der Waals surface area contributed by atoms with Crippen molar-refractivity contribution in [1.82, 2.24) is 25.5 Å². The minimum absolute atomic E-state index is 0.0163. The summed E-state index contributed by atoms with van der Waals surface area (Å²) in [5.74, 6) is -0.255. The number of nitro benzene ring substituents is 1. The number of benzene rings is 2. The highest BCUT2D eigenvalue weighted by Gasteiger charge is 2.41. The van der Waals surface area contributed by atoms with Crippen molar-refractivity contribution in [2.24, 2.45) is 5.92 Å². The fraction of sp³-hybridized carbons (Fsp3) is 0.394. The van der Waals surface area contributed by atoms with Gasteiger partial charge in [0.2, 0.25) is 17.5 Å². The van der Waals surface area contributed by atoms with Gasteiger partial charge in [-0.2, -0.15) is 9.49 Å². The quantitative estimate of drug-likeness (QED) is 0.0819. The van der Waals surface area contributed by atoms with Crippen molar-refractivity contribution in [3.8, 4) is 5.75 Å². The van der Waals surface area contributed by atoms with Crippen LogP contribution in [0.25, 0.3) is 0 Å². The molecule has 2 aromatic carbocycles. The van der Waals surface area contributed by atoms with Crippen LogP contribution in [0.3, 0.4) is 0 Å². The van der Waals surface area contributed by atoms with Gasteiger partial charge in [-0.3, -0.25) is 20.0 Å². The molecule has 0 atom stereocenters. The summed E-state index contributed by atoms with van der Waals surface area (Å²) in [7, 11) is -2.96.